The van der Waals surface area contributed by atoms with E-state index in [-0.39, 0.29) is 5.41 Å². The zero-order chi connectivity index (χ0) is 11.3. The predicted octanol–water partition coefficient (Wildman–Crippen LogP) is 3.58. The number of nitrogens with one attached hydrogen (secondary N) is 1. The molecule has 0 fully saturated rings. The zero-order valence-corrected chi connectivity index (χ0v) is 10.9. The van der Waals surface area contributed by atoms with Crippen molar-refractivity contribution in [3.05, 3.63) is 17.5 Å². The number of thioether (sulfide) groups is 1. The first-order chi connectivity index (χ1) is 7.02. The van der Waals surface area contributed by atoms with E-state index in [1.807, 2.05) is 25.6 Å². The van der Waals surface area contributed by atoms with Gasteiger partial charge in [-0.25, -0.2) is 0 Å². The average Bonchev–Trinajstić information content (AvgIpc) is 2.64. The van der Waals surface area contributed by atoms with Gasteiger partial charge in [0, 0.05) is 5.41 Å². The van der Waals surface area contributed by atoms with E-state index in [1.165, 1.54) is 4.21 Å². The molecule has 0 saturated carbocycles. The maximum absolute atomic E-state index is 7.44. The number of amidine groups is 1. The molecule has 1 aromatic rings. The van der Waals surface area contributed by atoms with E-state index in [1.54, 1.807) is 11.3 Å². The number of hydrogen-bond donors (Lipinski definition) is 2. The lowest BCUT2D eigenvalue weighted by Crippen LogP contribution is -2.30. The largest absolute Gasteiger partial charge is 0.387 e. The summed E-state index contributed by atoms with van der Waals surface area (Å²) in [5, 5.41) is 9.54. The molecule has 1 heterocycles. The first-order valence-corrected chi connectivity index (χ1v) is 6.90. The lowest BCUT2D eigenvalue weighted by atomic mass is 9.87. The molecule has 0 aliphatic carbocycles. The Morgan fingerprint density at radius 2 is 2.33 bits per heavy atom. The van der Waals surface area contributed by atoms with Crippen molar-refractivity contribution in [2.24, 2.45) is 11.1 Å². The molecule has 0 aliphatic heterocycles. The van der Waals surface area contributed by atoms with Gasteiger partial charge in [-0.15, -0.1) is 23.1 Å². The molecule has 0 aliphatic rings. The van der Waals surface area contributed by atoms with Gasteiger partial charge in [-0.2, -0.15) is 0 Å². The van der Waals surface area contributed by atoms with Crippen molar-refractivity contribution in [3.8, 4) is 0 Å². The lowest BCUT2D eigenvalue weighted by molar-refractivity contribution is 0.464. The molecule has 0 spiro atoms. The van der Waals surface area contributed by atoms with Crippen LogP contribution in [0.1, 0.15) is 26.7 Å². The minimum Gasteiger partial charge on any atom is -0.387 e. The average molecular weight is 242 g/mol. The summed E-state index contributed by atoms with van der Waals surface area (Å²) in [6.45, 7) is 4.07. The molecular weight excluding hydrogens is 224 g/mol. The monoisotopic (exact) mass is 242 g/mol. The maximum Gasteiger partial charge on any atom is 0.0963 e. The topological polar surface area (TPSA) is 49.9 Å². The molecule has 0 atom stereocenters. The second kappa shape index (κ2) is 5.56. The quantitative estimate of drug-likeness (QED) is 0.347. The van der Waals surface area contributed by atoms with Crippen molar-refractivity contribution >= 4 is 28.9 Å². The summed E-state index contributed by atoms with van der Waals surface area (Å²) in [6, 6.07) is 4.22. The standard InChI is InChI=1S/C11H18N2S2/c1-11(2,10(12)13)6-4-8-15-9-5-3-7-14-9/h3,5,7H,4,6,8H2,1-2H3,(H3,12,13). The zero-order valence-electron chi connectivity index (χ0n) is 9.25. The van der Waals surface area contributed by atoms with Crippen molar-refractivity contribution < 1.29 is 0 Å². The second-order valence-corrected chi connectivity index (χ2v) is 6.52. The van der Waals surface area contributed by atoms with E-state index in [4.69, 9.17) is 11.1 Å². The van der Waals surface area contributed by atoms with E-state index < -0.39 is 0 Å². The summed E-state index contributed by atoms with van der Waals surface area (Å²) in [5.74, 6) is 1.40. The van der Waals surface area contributed by atoms with Gasteiger partial charge in [0.2, 0.25) is 0 Å². The normalized spacial score (nSPS) is 11.6. The summed E-state index contributed by atoms with van der Waals surface area (Å²) < 4.78 is 1.37. The van der Waals surface area contributed by atoms with Gasteiger partial charge in [0.05, 0.1) is 10.0 Å². The number of hydrogen-bond acceptors (Lipinski definition) is 3. The van der Waals surface area contributed by atoms with Crippen molar-refractivity contribution in [1.82, 2.24) is 0 Å². The Morgan fingerprint density at radius 3 is 2.87 bits per heavy atom. The van der Waals surface area contributed by atoms with Crippen LogP contribution in [0.5, 0.6) is 0 Å². The van der Waals surface area contributed by atoms with Crippen LogP contribution in [0.4, 0.5) is 0 Å². The molecule has 0 amide bonds. The molecule has 3 N–H and O–H groups in total. The second-order valence-electron chi connectivity index (χ2n) is 4.18. The predicted molar refractivity (Wildman–Crippen MR) is 70.0 cm³/mol. The minimum atomic E-state index is -0.143. The molecule has 1 rings (SSSR count). The van der Waals surface area contributed by atoms with E-state index in [9.17, 15) is 0 Å². The summed E-state index contributed by atoms with van der Waals surface area (Å²) in [6.07, 6.45) is 2.09. The van der Waals surface area contributed by atoms with Gasteiger partial charge >= 0.3 is 0 Å². The van der Waals surface area contributed by atoms with Gasteiger partial charge in [0.25, 0.3) is 0 Å². The molecule has 2 nitrogen and oxygen atoms in total. The van der Waals surface area contributed by atoms with Gasteiger partial charge in [0.1, 0.15) is 0 Å². The Morgan fingerprint density at radius 1 is 1.60 bits per heavy atom. The lowest BCUT2D eigenvalue weighted by Gasteiger charge is -2.22. The Hall–Kier alpha value is -0.480. The molecular formula is C11H18N2S2. The van der Waals surface area contributed by atoms with Crippen molar-refractivity contribution in [1.29, 1.82) is 5.41 Å². The molecule has 15 heavy (non-hydrogen) atoms. The van der Waals surface area contributed by atoms with Crippen molar-refractivity contribution in [2.75, 3.05) is 5.75 Å². The molecule has 0 radical (unpaired) electrons. The summed E-state index contributed by atoms with van der Waals surface area (Å²) in [4.78, 5) is 0. The Bertz CT molecular complexity index is 304. The van der Waals surface area contributed by atoms with Crippen molar-refractivity contribution in [3.63, 3.8) is 0 Å². The fourth-order valence-electron chi connectivity index (χ4n) is 1.17. The highest BCUT2D eigenvalue weighted by Crippen LogP contribution is 2.27. The highest BCUT2D eigenvalue weighted by Gasteiger charge is 2.20. The third-order valence-electron chi connectivity index (χ3n) is 2.41. The van der Waals surface area contributed by atoms with Crippen molar-refractivity contribution in [2.45, 2.75) is 30.9 Å². The summed E-state index contributed by atoms with van der Waals surface area (Å²) in [7, 11) is 0. The minimum absolute atomic E-state index is 0.143. The van der Waals surface area contributed by atoms with Gasteiger partial charge in [-0.3, -0.25) is 5.41 Å². The number of rotatable bonds is 6. The van der Waals surface area contributed by atoms with Crippen LogP contribution in [0.25, 0.3) is 0 Å². The molecule has 0 aromatic carbocycles. The van der Waals surface area contributed by atoms with E-state index in [0.29, 0.717) is 5.84 Å². The molecule has 84 valence electrons. The summed E-state index contributed by atoms with van der Waals surface area (Å²) in [5.41, 5.74) is 5.38. The smallest absolute Gasteiger partial charge is 0.0963 e. The molecule has 1 aromatic heterocycles. The SMILES string of the molecule is CC(C)(CCCSc1cccs1)C(=N)N. The maximum atomic E-state index is 7.44. The number of thiophene rings is 1. The third kappa shape index (κ3) is 4.26. The first kappa shape index (κ1) is 12.6. The highest BCUT2D eigenvalue weighted by molar-refractivity contribution is 8.01. The fraction of sp³-hybridized carbons (Fsp3) is 0.545. The van der Waals surface area contributed by atoms with Crippen LogP contribution < -0.4 is 5.73 Å². The van der Waals surface area contributed by atoms with Gasteiger partial charge < -0.3 is 5.73 Å². The van der Waals surface area contributed by atoms with E-state index >= 15 is 0 Å². The molecule has 0 saturated heterocycles. The third-order valence-corrected chi connectivity index (χ3v) is 4.63. The van der Waals surface area contributed by atoms with Crippen LogP contribution in [0, 0.1) is 10.8 Å². The number of nitrogens with two attached hydrogens (primary N) is 1. The van der Waals surface area contributed by atoms with Gasteiger partial charge in [0.15, 0.2) is 0 Å². The van der Waals surface area contributed by atoms with Crippen LogP contribution in [0.2, 0.25) is 0 Å². The van der Waals surface area contributed by atoms with Gasteiger partial charge in [-0.05, 0) is 30.0 Å². The fourth-order valence-corrected chi connectivity index (χ4v) is 2.97. The van der Waals surface area contributed by atoms with Crippen LogP contribution in [0.3, 0.4) is 0 Å². The first-order valence-electron chi connectivity index (χ1n) is 5.03. The molecule has 4 heteroatoms. The van der Waals surface area contributed by atoms with E-state index in [0.717, 1.165) is 18.6 Å². The van der Waals surface area contributed by atoms with Gasteiger partial charge in [-0.1, -0.05) is 19.9 Å². The molecule has 0 bridgehead atoms. The van der Waals surface area contributed by atoms with Crippen LogP contribution in [0.15, 0.2) is 21.7 Å². The Labute approximate surface area is 99.8 Å². The van der Waals surface area contributed by atoms with Crippen LogP contribution in [-0.2, 0) is 0 Å². The van der Waals surface area contributed by atoms with Crippen LogP contribution in [-0.4, -0.2) is 11.6 Å². The Kier molecular flexibility index (Phi) is 4.67. The van der Waals surface area contributed by atoms with Crippen LogP contribution >= 0.6 is 23.1 Å². The molecule has 0 unspecified atom stereocenters. The van der Waals surface area contributed by atoms with E-state index in [2.05, 4.69) is 17.5 Å². The Balaban J connectivity index is 2.19. The summed E-state index contributed by atoms with van der Waals surface area (Å²) >= 11 is 3.67. The highest BCUT2D eigenvalue weighted by atomic mass is 32.2.